The van der Waals surface area contributed by atoms with Crippen LogP contribution >= 0.6 is 0 Å². The number of nitrogens with one attached hydrogen (secondary N) is 1. The lowest BCUT2D eigenvalue weighted by Gasteiger charge is -2.04. The molecule has 0 aliphatic carbocycles. The van der Waals surface area contributed by atoms with Crippen LogP contribution in [-0.2, 0) is 11.2 Å². The molecule has 5 nitrogen and oxygen atoms in total. The number of amides is 1. The molecule has 0 bridgehead atoms. The van der Waals surface area contributed by atoms with Gasteiger partial charge < -0.3 is 5.32 Å². The normalized spacial score (nSPS) is 10.7. The van der Waals surface area contributed by atoms with Gasteiger partial charge in [-0.05, 0) is 38.0 Å². The fourth-order valence-electron chi connectivity index (χ4n) is 1.72. The Kier molecular flexibility index (Phi) is 4.28. The maximum Gasteiger partial charge on any atom is 0.224 e. The summed E-state index contributed by atoms with van der Waals surface area (Å²) in [6.07, 6.45) is 8.16. The molecule has 0 aliphatic heterocycles. The van der Waals surface area contributed by atoms with E-state index in [0.29, 0.717) is 18.9 Å². The summed E-state index contributed by atoms with van der Waals surface area (Å²) >= 11 is 0. The Balaban J connectivity index is 1.84. The largest absolute Gasteiger partial charge is 0.323 e. The first-order valence-corrected chi connectivity index (χ1v) is 6.38. The van der Waals surface area contributed by atoms with Crippen LogP contribution in [0.2, 0.25) is 0 Å². The first-order valence-electron chi connectivity index (χ1n) is 6.38. The fourth-order valence-corrected chi connectivity index (χ4v) is 1.72. The molecule has 2 aromatic rings. The van der Waals surface area contributed by atoms with Gasteiger partial charge in [-0.2, -0.15) is 5.10 Å². The van der Waals surface area contributed by atoms with Crippen molar-refractivity contribution in [2.75, 3.05) is 5.32 Å². The summed E-state index contributed by atoms with van der Waals surface area (Å²) in [6, 6.07) is 4.14. The zero-order chi connectivity index (χ0) is 13.7. The maximum absolute atomic E-state index is 11.8. The molecular weight excluding hydrogens is 240 g/mol. The smallest absolute Gasteiger partial charge is 0.224 e. The number of hydrogen-bond donors (Lipinski definition) is 1. The van der Waals surface area contributed by atoms with Gasteiger partial charge in [0.25, 0.3) is 0 Å². The van der Waals surface area contributed by atoms with Gasteiger partial charge in [0.15, 0.2) is 0 Å². The second kappa shape index (κ2) is 6.13. The van der Waals surface area contributed by atoms with E-state index in [-0.39, 0.29) is 5.91 Å². The SMILES string of the molecule is CC(C)n1cc(NC(=O)CCc2ccncc2)cn1. The lowest BCUT2D eigenvalue weighted by atomic mass is 10.1. The molecule has 19 heavy (non-hydrogen) atoms. The van der Waals surface area contributed by atoms with Crippen LogP contribution in [0, 0.1) is 0 Å². The first kappa shape index (κ1) is 13.3. The summed E-state index contributed by atoms with van der Waals surface area (Å²) in [5.74, 6) is 0.000110. The maximum atomic E-state index is 11.8. The van der Waals surface area contributed by atoms with Crippen molar-refractivity contribution in [3.63, 3.8) is 0 Å². The zero-order valence-electron chi connectivity index (χ0n) is 11.2. The number of rotatable bonds is 5. The molecular formula is C14H18N4O. The van der Waals surface area contributed by atoms with Gasteiger partial charge in [0.05, 0.1) is 11.9 Å². The highest BCUT2D eigenvalue weighted by atomic mass is 16.1. The molecule has 5 heteroatoms. The zero-order valence-corrected chi connectivity index (χ0v) is 11.2. The highest BCUT2D eigenvalue weighted by molar-refractivity contribution is 5.90. The third-order valence-electron chi connectivity index (χ3n) is 2.80. The van der Waals surface area contributed by atoms with E-state index in [4.69, 9.17) is 0 Å². The van der Waals surface area contributed by atoms with Gasteiger partial charge in [-0.25, -0.2) is 0 Å². The van der Waals surface area contributed by atoms with Crippen molar-refractivity contribution in [3.05, 3.63) is 42.5 Å². The van der Waals surface area contributed by atoms with Gasteiger partial charge >= 0.3 is 0 Å². The lowest BCUT2D eigenvalue weighted by Crippen LogP contribution is -2.12. The summed E-state index contributed by atoms with van der Waals surface area (Å²) in [4.78, 5) is 15.7. The molecule has 0 radical (unpaired) electrons. The number of aryl methyl sites for hydroxylation is 1. The number of anilines is 1. The Morgan fingerprint density at radius 2 is 2.11 bits per heavy atom. The number of nitrogens with zero attached hydrogens (tertiary/aromatic N) is 3. The molecule has 1 amide bonds. The molecule has 0 aromatic carbocycles. The van der Waals surface area contributed by atoms with E-state index in [2.05, 4.69) is 15.4 Å². The van der Waals surface area contributed by atoms with Crippen molar-refractivity contribution in [1.82, 2.24) is 14.8 Å². The van der Waals surface area contributed by atoms with Gasteiger partial charge in [0.1, 0.15) is 0 Å². The summed E-state index contributed by atoms with van der Waals surface area (Å²) in [5, 5.41) is 7.03. The second-order valence-electron chi connectivity index (χ2n) is 4.71. The van der Waals surface area contributed by atoms with Crippen LogP contribution in [0.1, 0.15) is 31.9 Å². The Morgan fingerprint density at radius 1 is 1.37 bits per heavy atom. The average Bonchev–Trinajstić information content (AvgIpc) is 2.86. The molecule has 0 aliphatic rings. The summed E-state index contributed by atoms with van der Waals surface area (Å²) in [5.41, 5.74) is 1.86. The standard InChI is InChI=1S/C14H18N4O/c1-11(2)18-10-13(9-16-18)17-14(19)4-3-12-5-7-15-8-6-12/h5-11H,3-4H2,1-2H3,(H,17,19). The van der Waals surface area contributed by atoms with Crippen LogP contribution in [0.25, 0.3) is 0 Å². The number of carbonyl (C=O) groups is 1. The van der Waals surface area contributed by atoms with Crippen molar-refractivity contribution in [1.29, 1.82) is 0 Å². The molecule has 0 atom stereocenters. The van der Waals surface area contributed by atoms with Crippen molar-refractivity contribution < 1.29 is 4.79 Å². The minimum atomic E-state index is 0.000110. The van der Waals surface area contributed by atoms with Crippen LogP contribution in [0.15, 0.2) is 36.9 Å². The van der Waals surface area contributed by atoms with Crippen molar-refractivity contribution in [2.45, 2.75) is 32.7 Å². The average molecular weight is 258 g/mol. The topological polar surface area (TPSA) is 59.8 Å². The molecule has 0 unspecified atom stereocenters. The van der Waals surface area contributed by atoms with Crippen LogP contribution < -0.4 is 5.32 Å². The Morgan fingerprint density at radius 3 is 2.74 bits per heavy atom. The molecule has 1 N–H and O–H groups in total. The first-order chi connectivity index (χ1) is 9.15. The van der Waals surface area contributed by atoms with E-state index in [1.165, 1.54) is 0 Å². The molecule has 100 valence electrons. The summed E-state index contributed by atoms with van der Waals surface area (Å²) in [7, 11) is 0. The Bertz CT molecular complexity index is 533. The number of carbonyl (C=O) groups excluding carboxylic acids is 1. The number of pyridine rings is 1. The van der Waals surface area contributed by atoms with Crippen molar-refractivity contribution in [3.8, 4) is 0 Å². The van der Waals surface area contributed by atoms with Gasteiger partial charge in [0.2, 0.25) is 5.91 Å². The van der Waals surface area contributed by atoms with Crippen LogP contribution in [0.4, 0.5) is 5.69 Å². The monoisotopic (exact) mass is 258 g/mol. The van der Waals surface area contributed by atoms with E-state index >= 15 is 0 Å². The molecule has 0 saturated carbocycles. The molecule has 2 aromatic heterocycles. The second-order valence-corrected chi connectivity index (χ2v) is 4.71. The number of hydrogen-bond acceptors (Lipinski definition) is 3. The van der Waals surface area contributed by atoms with Crippen LogP contribution in [-0.4, -0.2) is 20.7 Å². The van der Waals surface area contributed by atoms with E-state index in [0.717, 1.165) is 11.3 Å². The van der Waals surface area contributed by atoms with Crippen molar-refractivity contribution >= 4 is 11.6 Å². The molecule has 0 spiro atoms. The third kappa shape index (κ3) is 3.91. The van der Waals surface area contributed by atoms with E-state index in [1.54, 1.807) is 18.6 Å². The molecule has 0 saturated heterocycles. The minimum Gasteiger partial charge on any atom is -0.323 e. The third-order valence-corrected chi connectivity index (χ3v) is 2.80. The molecule has 0 fully saturated rings. The molecule has 2 rings (SSSR count). The van der Waals surface area contributed by atoms with Gasteiger partial charge in [-0.1, -0.05) is 0 Å². The van der Waals surface area contributed by atoms with Crippen LogP contribution in [0.3, 0.4) is 0 Å². The number of aromatic nitrogens is 3. The lowest BCUT2D eigenvalue weighted by molar-refractivity contribution is -0.116. The highest BCUT2D eigenvalue weighted by Crippen LogP contribution is 2.10. The summed E-state index contributed by atoms with van der Waals surface area (Å²) < 4.78 is 1.82. The predicted molar refractivity (Wildman–Crippen MR) is 73.8 cm³/mol. The minimum absolute atomic E-state index is 0.000110. The Hall–Kier alpha value is -2.17. The molecule has 2 heterocycles. The van der Waals surface area contributed by atoms with E-state index in [9.17, 15) is 4.79 Å². The van der Waals surface area contributed by atoms with Crippen LogP contribution in [0.5, 0.6) is 0 Å². The summed E-state index contributed by atoms with van der Waals surface area (Å²) in [6.45, 7) is 4.09. The Labute approximate surface area is 112 Å². The van der Waals surface area contributed by atoms with Gasteiger partial charge in [0, 0.05) is 31.1 Å². The quantitative estimate of drug-likeness (QED) is 0.896. The van der Waals surface area contributed by atoms with E-state index in [1.807, 2.05) is 36.9 Å². The van der Waals surface area contributed by atoms with Gasteiger partial charge in [-0.15, -0.1) is 0 Å². The van der Waals surface area contributed by atoms with Gasteiger partial charge in [-0.3, -0.25) is 14.5 Å². The van der Waals surface area contributed by atoms with E-state index < -0.39 is 0 Å². The fraction of sp³-hybridized carbons (Fsp3) is 0.357. The highest BCUT2D eigenvalue weighted by Gasteiger charge is 2.06. The van der Waals surface area contributed by atoms with Crippen molar-refractivity contribution in [2.24, 2.45) is 0 Å². The predicted octanol–water partition coefficient (Wildman–Crippen LogP) is 2.43.